The summed E-state index contributed by atoms with van der Waals surface area (Å²) in [6, 6.07) is 11.5. The summed E-state index contributed by atoms with van der Waals surface area (Å²) < 4.78 is 12.4. The second kappa shape index (κ2) is 9.08. The van der Waals surface area contributed by atoms with Crippen LogP contribution in [-0.4, -0.2) is 18.2 Å². The molecule has 0 bridgehead atoms. The minimum Gasteiger partial charge on any atom is -0.493 e. The molecule has 130 valence electrons. The van der Waals surface area contributed by atoms with Crippen molar-refractivity contribution in [3.05, 3.63) is 76.3 Å². The van der Waals surface area contributed by atoms with Crippen LogP contribution in [0.2, 0.25) is 0 Å². The van der Waals surface area contributed by atoms with Gasteiger partial charge in [0.25, 0.3) is 0 Å². The van der Waals surface area contributed by atoms with E-state index in [9.17, 15) is 4.79 Å². The second-order valence-electron chi connectivity index (χ2n) is 5.29. The second-order valence-corrected chi connectivity index (χ2v) is 6.21. The summed E-state index contributed by atoms with van der Waals surface area (Å²) in [6.07, 6.45) is 4.97. The fourth-order valence-corrected chi connectivity index (χ4v) is 2.57. The predicted octanol–water partition coefficient (Wildman–Crippen LogP) is 4.86. The Morgan fingerprint density at radius 2 is 2.00 bits per heavy atom. The average Bonchev–Trinajstić information content (AvgIpc) is 2.60. The number of benzene rings is 2. The largest absolute Gasteiger partial charge is 0.493 e. The van der Waals surface area contributed by atoms with Gasteiger partial charge in [0.1, 0.15) is 6.61 Å². The standard InChI is InChI=1S/C20H19BrO4/c1-3-4-16-11-15(7-10-19(22)23)12-18(24-2)20(16)25-13-14-5-8-17(21)9-6-14/h3,5-12H,1,4,13H2,2H3,(H,22,23)/b10-7+. The van der Waals surface area contributed by atoms with Gasteiger partial charge in [-0.15, -0.1) is 6.58 Å². The maximum Gasteiger partial charge on any atom is 0.328 e. The Balaban J connectivity index is 2.31. The zero-order chi connectivity index (χ0) is 18.2. The molecule has 0 aliphatic heterocycles. The third kappa shape index (κ3) is 5.50. The van der Waals surface area contributed by atoms with Crippen molar-refractivity contribution in [1.82, 2.24) is 0 Å². The molecule has 0 unspecified atom stereocenters. The van der Waals surface area contributed by atoms with Crippen LogP contribution in [0.25, 0.3) is 6.08 Å². The number of aliphatic carboxylic acids is 1. The van der Waals surface area contributed by atoms with Gasteiger partial charge in [-0.25, -0.2) is 4.79 Å². The molecule has 0 saturated heterocycles. The summed E-state index contributed by atoms with van der Waals surface area (Å²) in [5.41, 5.74) is 2.65. The van der Waals surface area contributed by atoms with Gasteiger partial charge in [0, 0.05) is 16.1 Å². The fourth-order valence-electron chi connectivity index (χ4n) is 2.31. The van der Waals surface area contributed by atoms with Crippen molar-refractivity contribution < 1.29 is 19.4 Å². The first kappa shape index (κ1) is 18.8. The molecule has 1 N–H and O–H groups in total. The molecule has 2 aromatic carbocycles. The lowest BCUT2D eigenvalue weighted by Crippen LogP contribution is -2.02. The summed E-state index contributed by atoms with van der Waals surface area (Å²) in [5.74, 6) is 0.194. The van der Waals surface area contributed by atoms with Gasteiger partial charge in [-0.05, 0) is 47.9 Å². The number of rotatable bonds is 8. The molecule has 0 fully saturated rings. The fraction of sp³-hybridized carbons (Fsp3) is 0.150. The van der Waals surface area contributed by atoms with Crippen LogP contribution in [0, 0.1) is 0 Å². The van der Waals surface area contributed by atoms with Gasteiger partial charge in [-0.3, -0.25) is 0 Å². The Hall–Kier alpha value is -2.53. The highest BCUT2D eigenvalue weighted by Gasteiger charge is 2.12. The summed E-state index contributed by atoms with van der Waals surface area (Å²) >= 11 is 3.41. The molecule has 4 nitrogen and oxygen atoms in total. The van der Waals surface area contributed by atoms with Crippen LogP contribution in [0.3, 0.4) is 0 Å². The van der Waals surface area contributed by atoms with Crippen molar-refractivity contribution in [3.8, 4) is 11.5 Å². The predicted molar refractivity (Wildman–Crippen MR) is 102 cm³/mol. The van der Waals surface area contributed by atoms with Crippen molar-refractivity contribution in [3.63, 3.8) is 0 Å². The van der Waals surface area contributed by atoms with E-state index in [-0.39, 0.29) is 0 Å². The lowest BCUT2D eigenvalue weighted by molar-refractivity contribution is -0.131. The van der Waals surface area contributed by atoms with E-state index in [0.29, 0.717) is 24.5 Å². The number of carboxylic acid groups (broad SMARTS) is 1. The van der Waals surface area contributed by atoms with Gasteiger partial charge in [-0.2, -0.15) is 0 Å². The molecule has 0 aliphatic rings. The summed E-state index contributed by atoms with van der Waals surface area (Å²) in [6.45, 7) is 4.17. The van der Waals surface area contributed by atoms with Crippen LogP contribution < -0.4 is 9.47 Å². The Morgan fingerprint density at radius 3 is 2.60 bits per heavy atom. The number of carbonyl (C=O) groups is 1. The summed E-state index contributed by atoms with van der Waals surface area (Å²) in [4.78, 5) is 10.7. The highest BCUT2D eigenvalue weighted by Crippen LogP contribution is 2.34. The van der Waals surface area contributed by atoms with Crippen molar-refractivity contribution in [2.45, 2.75) is 13.0 Å². The third-order valence-electron chi connectivity index (χ3n) is 3.45. The van der Waals surface area contributed by atoms with Gasteiger partial charge in [0.05, 0.1) is 7.11 Å². The molecule has 25 heavy (non-hydrogen) atoms. The van der Waals surface area contributed by atoms with Crippen LogP contribution in [-0.2, 0) is 17.8 Å². The first-order valence-corrected chi connectivity index (χ1v) is 8.43. The van der Waals surface area contributed by atoms with Gasteiger partial charge in [-0.1, -0.05) is 34.1 Å². The first-order chi connectivity index (χ1) is 12.0. The quantitative estimate of drug-likeness (QED) is 0.505. The Labute approximate surface area is 155 Å². The minimum absolute atomic E-state index is 0.401. The molecule has 0 aromatic heterocycles. The molecule has 2 rings (SSSR count). The molecular weight excluding hydrogens is 384 g/mol. The summed E-state index contributed by atoms with van der Waals surface area (Å²) in [5, 5.41) is 8.80. The lowest BCUT2D eigenvalue weighted by atomic mass is 10.0. The number of halogens is 1. The first-order valence-electron chi connectivity index (χ1n) is 7.63. The molecular formula is C20H19BrO4. The Kier molecular flexibility index (Phi) is 6.83. The van der Waals surface area contributed by atoms with Crippen LogP contribution in [0.1, 0.15) is 16.7 Å². The van der Waals surface area contributed by atoms with E-state index in [1.165, 1.54) is 6.08 Å². The van der Waals surface area contributed by atoms with Crippen molar-refractivity contribution in [2.24, 2.45) is 0 Å². The van der Waals surface area contributed by atoms with E-state index in [4.69, 9.17) is 14.6 Å². The highest BCUT2D eigenvalue weighted by molar-refractivity contribution is 9.10. The van der Waals surface area contributed by atoms with E-state index < -0.39 is 5.97 Å². The molecule has 0 aliphatic carbocycles. The maximum atomic E-state index is 10.7. The van der Waals surface area contributed by atoms with Crippen LogP contribution in [0.15, 0.2) is 59.6 Å². The zero-order valence-electron chi connectivity index (χ0n) is 13.9. The zero-order valence-corrected chi connectivity index (χ0v) is 15.5. The summed E-state index contributed by atoms with van der Waals surface area (Å²) in [7, 11) is 1.56. The number of hydrogen-bond acceptors (Lipinski definition) is 3. The van der Waals surface area contributed by atoms with Crippen LogP contribution in [0.4, 0.5) is 0 Å². The molecule has 0 spiro atoms. The monoisotopic (exact) mass is 402 g/mol. The van der Waals surface area contributed by atoms with Gasteiger partial charge in [0.15, 0.2) is 11.5 Å². The molecule has 0 saturated carbocycles. The Morgan fingerprint density at radius 1 is 1.28 bits per heavy atom. The lowest BCUT2D eigenvalue weighted by Gasteiger charge is -2.16. The Bertz CT molecular complexity index is 779. The SMILES string of the molecule is C=CCc1cc(/C=C/C(=O)O)cc(OC)c1OCc1ccc(Br)cc1. The van der Waals surface area contributed by atoms with E-state index >= 15 is 0 Å². The van der Waals surface area contributed by atoms with Crippen molar-refractivity contribution >= 4 is 28.0 Å². The number of hydrogen-bond donors (Lipinski definition) is 1. The average molecular weight is 403 g/mol. The van der Waals surface area contributed by atoms with Crippen LogP contribution >= 0.6 is 15.9 Å². The van der Waals surface area contributed by atoms with Crippen LogP contribution in [0.5, 0.6) is 11.5 Å². The normalized spacial score (nSPS) is 10.6. The van der Waals surface area contributed by atoms with Gasteiger partial charge >= 0.3 is 5.97 Å². The molecule has 0 radical (unpaired) electrons. The van der Waals surface area contributed by atoms with Gasteiger partial charge < -0.3 is 14.6 Å². The maximum absolute atomic E-state index is 10.7. The van der Waals surface area contributed by atoms with Gasteiger partial charge in [0.2, 0.25) is 0 Å². The molecule has 0 atom stereocenters. The van der Waals surface area contributed by atoms with E-state index in [0.717, 1.165) is 27.2 Å². The molecule has 5 heteroatoms. The molecule has 2 aromatic rings. The topological polar surface area (TPSA) is 55.8 Å². The molecule has 0 heterocycles. The van der Waals surface area contributed by atoms with Crippen molar-refractivity contribution in [2.75, 3.05) is 7.11 Å². The number of ether oxygens (including phenoxy) is 2. The van der Waals surface area contributed by atoms with E-state index in [2.05, 4.69) is 22.5 Å². The number of allylic oxidation sites excluding steroid dienone is 1. The third-order valence-corrected chi connectivity index (χ3v) is 3.98. The van der Waals surface area contributed by atoms with E-state index in [1.54, 1.807) is 19.3 Å². The minimum atomic E-state index is -1.00. The number of carboxylic acids is 1. The number of methoxy groups -OCH3 is 1. The molecule has 0 amide bonds. The smallest absolute Gasteiger partial charge is 0.328 e. The van der Waals surface area contributed by atoms with E-state index in [1.807, 2.05) is 30.3 Å². The highest BCUT2D eigenvalue weighted by atomic mass is 79.9. The van der Waals surface area contributed by atoms with Crippen molar-refractivity contribution in [1.29, 1.82) is 0 Å².